The van der Waals surface area contributed by atoms with Crippen molar-refractivity contribution in [3.05, 3.63) is 48.0 Å². The molecule has 0 saturated heterocycles. The number of aromatic nitrogens is 3. The quantitative estimate of drug-likeness (QED) is 0.708. The second kappa shape index (κ2) is 3.46. The first-order chi connectivity index (χ1) is 8.90. The van der Waals surface area contributed by atoms with Crippen LogP contribution in [0.15, 0.2) is 42.5 Å². The molecule has 0 spiro atoms. The van der Waals surface area contributed by atoms with Gasteiger partial charge >= 0.3 is 0 Å². The minimum atomic E-state index is -0.413. The third kappa shape index (κ3) is 1.34. The second-order valence-electron chi connectivity index (χ2n) is 4.09. The van der Waals surface area contributed by atoms with Gasteiger partial charge in [-0.05, 0) is 30.3 Å². The number of hydrogen-bond acceptors (Lipinski definition) is 4. The molecule has 1 aliphatic rings. The molecule has 1 aliphatic heterocycles. The SMILES string of the molecule is c1ccc2c(c1)OC(c1ccc3n[nH]nc3c1)O2. The van der Waals surface area contributed by atoms with Crippen molar-refractivity contribution >= 4 is 11.0 Å². The van der Waals surface area contributed by atoms with E-state index in [0.29, 0.717) is 0 Å². The summed E-state index contributed by atoms with van der Waals surface area (Å²) in [6.07, 6.45) is -0.413. The van der Waals surface area contributed by atoms with Crippen molar-refractivity contribution in [3.63, 3.8) is 0 Å². The van der Waals surface area contributed by atoms with Gasteiger partial charge < -0.3 is 9.47 Å². The highest BCUT2D eigenvalue weighted by molar-refractivity contribution is 5.74. The molecule has 2 heterocycles. The van der Waals surface area contributed by atoms with Crippen LogP contribution >= 0.6 is 0 Å². The van der Waals surface area contributed by atoms with Gasteiger partial charge in [0.25, 0.3) is 6.29 Å². The smallest absolute Gasteiger partial charge is 0.268 e. The summed E-state index contributed by atoms with van der Waals surface area (Å²) in [6, 6.07) is 13.4. The Kier molecular flexibility index (Phi) is 1.82. The molecule has 5 nitrogen and oxygen atoms in total. The molecule has 0 saturated carbocycles. The lowest BCUT2D eigenvalue weighted by molar-refractivity contribution is 0.0488. The molecule has 3 aromatic rings. The molecule has 0 bridgehead atoms. The Balaban J connectivity index is 1.73. The zero-order valence-electron chi connectivity index (χ0n) is 9.33. The second-order valence-corrected chi connectivity index (χ2v) is 4.09. The average molecular weight is 239 g/mol. The van der Waals surface area contributed by atoms with Crippen LogP contribution in [0.2, 0.25) is 0 Å². The number of para-hydroxylation sites is 2. The summed E-state index contributed by atoms with van der Waals surface area (Å²) in [5, 5.41) is 10.7. The summed E-state index contributed by atoms with van der Waals surface area (Å²) >= 11 is 0. The molecule has 5 heteroatoms. The molecular formula is C13H9N3O2. The molecule has 1 aromatic heterocycles. The van der Waals surface area contributed by atoms with E-state index in [-0.39, 0.29) is 0 Å². The van der Waals surface area contributed by atoms with Crippen LogP contribution in [0.3, 0.4) is 0 Å². The van der Waals surface area contributed by atoms with Crippen molar-refractivity contribution in [1.82, 2.24) is 15.4 Å². The molecule has 88 valence electrons. The zero-order chi connectivity index (χ0) is 11.9. The number of H-pyrrole nitrogens is 1. The molecule has 4 rings (SSSR count). The Morgan fingerprint density at radius 3 is 2.39 bits per heavy atom. The molecule has 0 aliphatic carbocycles. The Morgan fingerprint density at radius 1 is 0.889 bits per heavy atom. The number of nitrogens with zero attached hydrogens (tertiary/aromatic N) is 2. The monoisotopic (exact) mass is 239 g/mol. The number of nitrogens with one attached hydrogen (secondary N) is 1. The van der Waals surface area contributed by atoms with Gasteiger partial charge in [-0.2, -0.15) is 15.4 Å². The molecule has 0 radical (unpaired) electrons. The lowest BCUT2D eigenvalue weighted by atomic mass is 10.2. The van der Waals surface area contributed by atoms with Gasteiger partial charge in [-0.3, -0.25) is 0 Å². The number of fused-ring (bicyclic) bond motifs is 2. The van der Waals surface area contributed by atoms with Crippen LogP contribution in [0.1, 0.15) is 11.9 Å². The molecule has 0 amide bonds. The topological polar surface area (TPSA) is 60.0 Å². The van der Waals surface area contributed by atoms with Gasteiger partial charge in [0.1, 0.15) is 11.0 Å². The predicted molar refractivity (Wildman–Crippen MR) is 64.3 cm³/mol. The summed E-state index contributed by atoms with van der Waals surface area (Å²) in [4.78, 5) is 0. The highest BCUT2D eigenvalue weighted by atomic mass is 16.7. The zero-order valence-corrected chi connectivity index (χ0v) is 9.33. The van der Waals surface area contributed by atoms with Crippen LogP contribution in [-0.2, 0) is 0 Å². The maximum absolute atomic E-state index is 5.74. The van der Waals surface area contributed by atoms with Gasteiger partial charge in [0.2, 0.25) is 0 Å². The normalized spacial score (nSPS) is 14.2. The van der Waals surface area contributed by atoms with Crippen molar-refractivity contribution in [2.45, 2.75) is 6.29 Å². The van der Waals surface area contributed by atoms with Gasteiger partial charge in [-0.25, -0.2) is 0 Å². The minimum Gasteiger partial charge on any atom is -0.447 e. The predicted octanol–water partition coefficient (Wildman–Crippen LogP) is 2.43. The average Bonchev–Trinajstić information content (AvgIpc) is 3.04. The van der Waals surface area contributed by atoms with Crippen molar-refractivity contribution in [1.29, 1.82) is 0 Å². The van der Waals surface area contributed by atoms with Gasteiger partial charge in [-0.1, -0.05) is 12.1 Å². The molecular weight excluding hydrogens is 230 g/mol. The van der Waals surface area contributed by atoms with E-state index in [9.17, 15) is 0 Å². The van der Waals surface area contributed by atoms with Crippen molar-refractivity contribution in [3.8, 4) is 11.5 Å². The Hall–Kier alpha value is -2.56. The third-order valence-electron chi connectivity index (χ3n) is 2.93. The molecule has 18 heavy (non-hydrogen) atoms. The lowest BCUT2D eigenvalue weighted by Gasteiger charge is -2.09. The van der Waals surface area contributed by atoms with E-state index in [1.165, 1.54) is 0 Å². The van der Waals surface area contributed by atoms with E-state index in [2.05, 4.69) is 15.4 Å². The highest BCUT2D eigenvalue weighted by Crippen LogP contribution is 2.40. The van der Waals surface area contributed by atoms with Crippen LogP contribution in [0.4, 0.5) is 0 Å². The van der Waals surface area contributed by atoms with E-state index in [1.54, 1.807) is 0 Å². The summed E-state index contributed by atoms with van der Waals surface area (Å²) in [5.41, 5.74) is 2.55. The van der Waals surface area contributed by atoms with E-state index in [4.69, 9.17) is 9.47 Å². The number of hydrogen-bond donors (Lipinski definition) is 1. The van der Waals surface area contributed by atoms with E-state index >= 15 is 0 Å². The minimum absolute atomic E-state index is 0.413. The standard InChI is InChI=1S/C13H9N3O2/c1-2-4-12-11(3-1)17-13(18-12)8-5-6-9-10(7-8)15-16-14-9/h1-7,13H,(H,14,15,16). The first-order valence-corrected chi connectivity index (χ1v) is 5.63. The van der Waals surface area contributed by atoms with Crippen LogP contribution in [0.25, 0.3) is 11.0 Å². The number of benzene rings is 2. The first-order valence-electron chi connectivity index (χ1n) is 5.63. The molecule has 2 aromatic carbocycles. The van der Waals surface area contributed by atoms with Gasteiger partial charge in [-0.15, -0.1) is 0 Å². The van der Waals surface area contributed by atoms with E-state index in [0.717, 1.165) is 28.1 Å². The van der Waals surface area contributed by atoms with Gasteiger partial charge in [0.05, 0.1) is 0 Å². The molecule has 0 atom stereocenters. The fraction of sp³-hybridized carbons (Fsp3) is 0.0769. The molecule has 1 N–H and O–H groups in total. The van der Waals surface area contributed by atoms with Crippen molar-refractivity contribution in [2.75, 3.05) is 0 Å². The fourth-order valence-corrected chi connectivity index (χ4v) is 2.04. The summed E-state index contributed by atoms with van der Waals surface area (Å²) in [7, 11) is 0. The van der Waals surface area contributed by atoms with Gasteiger partial charge in [0.15, 0.2) is 11.5 Å². The van der Waals surface area contributed by atoms with Gasteiger partial charge in [0, 0.05) is 5.56 Å². The first kappa shape index (κ1) is 9.47. The van der Waals surface area contributed by atoms with E-state index < -0.39 is 6.29 Å². The highest BCUT2D eigenvalue weighted by Gasteiger charge is 2.25. The molecule has 0 unspecified atom stereocenters. The summed E-state index contributed by atoms with van der Waals surface area (Å²) in [5.74, 6) is 1.53. The van der Waals surface area contributed by atoms with Crippen LogP contribution in [-0.4, -0.2) is 15.4 Å². The Bertz CT molecular complexity index is 698. The van der Waals surface area contributed by atoms with Crippen LogP contribution in [0.5, 0.6) is 11.5 Å². The summed E-state index contributed by atoms with van der Waals surface area (Å²) < 4.78 is 11.5. The lowest BCUT2D eigenvalue weighted by Crippen LogP contribution is -2.07. The van der Waals surface area contributed by atoms with Crippen molar-refractivity contribution in [2.24, 2.45) is 0 Å². The third-order valence-corrected chi connectivity index (χ3v) is 2.93. The largest absolute Gasteiger partial charge is 0.447 e. The Morgan fingerprint density at radius 2 is 1.61 bits per heavy atom. The van der Waals surface area contributed by atoms with Crippen LogP contribution < -0.4 is 9.47 Å². The number of rotatable bonds is 1. The molecule has 0 fully saturated rings. The maximum atomic E-state index is 5.74. The number of ether oxygens (including phenoxy) is 2. The fourth-order valence-electron chi connectivity index (χ4n) is 2.04. The number of aromatic amines is 1. The maximum Gasteiger partial charge on any atom is 0.268 e. The Labute approximate surface area is 102 Å². The van der Waals surface area contributed by atoms with Crippen molar-refractivity contribution < 1.29 is 9.47 Å². The summed E-state index contributed by atoms with van der Waals surface area (Å²) in [6.45, 7) is 0. The van der Waals surface area contributed by atoms with Crippen LogP contribution in [0, 0.1) is 0 Å². The van der Waals surface area contributed by atoms with E-state index in [1.807, 2.05) is 42.5 Å².